The molecule has 0 unspecified atom stereocenters. The normalized spacial score (nSPS) is 16.5. The van der Waals surface area contributed by atoms with Crippen LogP contribution >= 0.6 is 24.0 Å². The van der Waals surface area contributed by atoms with Crippen molar-refractivity contribution >= 4 is 46.3 Å². The molecule has 21 heavy (non-hydrogen) atoms. The Balaban J connectivity index is 2.21. The number of carbonyl (C=O) groups is 2. The number of ether oxygens (including phenoxy) is 2. The molecule has 0 N–H and O–H groups in total. The summed E-state index contributed by atoms with van der Waals surface area (Å²) >= 11 is 6.28. The predicted octanol–water partition coefficient (Wildman–Crippen LogP) is 2.07. The van der Waals surface area contributed by atoms with Crippen LogP contribution in [0, 0.1) is 0 Å². The number of esters is 1. The van der Waals surface area contributed by atoms with Crippen molar-refractivity contribution in [3.8, 4) is 5.75 Å². The second-order valence-corrected chi connectivity index (χ2v) is 5.80. The van der Waals surface area contributed by atoms with Crippen LogP contribution in [0.4, 0.5) is 0 Å². The summed E-state index contributed by atoms with van der Waals surface area (Å²) in [7, 11) is 2.85. The third-order valence-electron chi connectivity index (χ3n) is 2.78. The van der Waals surface area contributed by atoms with Crippen molar-refractivity contribution in [3.05, 3.63) is 34.7 Å². The van der Waals surface area contributed by atoms with Crippen molar-refractivity contribution in [2.24, 2.45) is 0 Å². The van der Waals surface area contributed by atoms with E-state index in [0.717, 1.165) is 17.3 Å². The van der Waals surface area contributed by atoms with Crippen molar-refractivity contribution in [2.45, 2.75) is 0 Å². The fraction of sp³-hybridized carbons (Fsp3) is 0.214. The summed E-state index contributed by atoms with van der Waals surface area (Å²) in [6.07, 6.45) is 1.72. The van der Waals surface area contributed by atoms with E-state index in [1.165, 1.54) is 12.0 Å². The maximum atomic E-state index is 12.2. The van der Waals surface area contributed by atoms with Gasteiger partial charge >= 0.3 is 5.97 Å². The summed E-state index contributed by atoms with van der Waals surface area (Å²) in [4.78, 5) is 25.2. The zero-order chi connectivity index (χ0) is 15.4. The average molecular weight is 323 g/mol. The van der Waals surface area contributed by atoms with Gasteiger partial charge in [-0.1, -0.05) is 36.1 Å². The van der Waals surface area contributed by atoms with Gasteiger partial charge in [0.15, 0.2) is 0 Å². The van der Waals surface area contributed by atoms with Crippen LogP contribution in [0.5, 0.6) is 5.75 Å². The van der Waals surface area contributed by atoms with Crippen molar-refractivity contribution in [3.63, 3.8) is 0 Å². The molecule has 0 aromatic heterocycles. The maximum absolute atomic E-state index is 12.2. The van der Waals surface area contributed by atoms with E-state index in [-0.39, 0.29) is 12.5 Å². The van der Waals surface area contributed by atoms with Gasteiger partial charge in [-0.05, 0) is 23.8 Å². The van der Waals surface area contributed by atoms with Crippen LogP contribution in [0.1, 0.15) is 5.56 Å². The van der Waals surface area contributed by atoms with Crippen LogP contribution in [0.2, 0.25) is 0 Å². The lowest BCUT2D eigenvalue weighted by Gasteiger charge is -2.11. The van der Waals surface area contributed by atoms with Crippen molar-refractivity contribution < 1.29 is 19.1 Å². The van der Waals surface area contributed by atoms with Gasteiger partial charge in [0.05, 0.1) is 19.1 Å². The highest BCUT2D eigenvalue weighted by Gasteiger charge is 2.33. The summed E-state index contributed by atoms with van der Waals surface area (Å²) in [6, 6.07) is 7.32. The Morgan fingerprint density at radius 1 is 1.43 bits per heavy atom. The van der Waals surface area contributed by atoms with E-state index in [9.17, 15) is 9.59 Å². The van der Waals surface area contributed by atoms with Gasteiger partial charge in [0.2, 0.25) is 0 Å². The largest absolute Gasteiger partial charge is 0.497 e. The first-order valence-electron chi connectivity index (χ1n) is 6.01. The van der Waals surface area contributed by atoms with Gasteiger partial charge in [-0.3, -0.25) is 14.5 Å². The molecule has 1 aliphatic rings. The number of amides is 1. The van der Waals surface area contributed by atoms with Gasteiger partial charge in [-0.25, -0.2) is 0 Å². The second-order valence-electron chi connectivity index (χ2n) is 4.12. The van der Waals surface area contributed by atoms with Gasteiger partial charge < -0.3 is 9.47 Å². The topological polar surface area (TPSA) is 55.8 Å². The first kappa shape index (κ1) is 15.5. The average Bonchev–Trinajstić information content (AvgIpc) is 2.75. The van der Waals surface area contributed by atoms with Crippen LogP contribution in [0.15, 0.2) is 29.2 Å². The molecular formula is C14H13NO4S2. The Morgan fingerprint density at radius 3 is 2.86 bits per heavy atom. The number of rotatable bonds is 4. The van der Waals surface area contributed by atoms with E-state index >= 15 is 0 Å². The lowest BCUT2D eigenvalue weighted by atomic mass is 10.2. The molecular weight excluding hydrogens is 310 g/mol. The highest BCUT2D eigenvalue weighted by molar-refractivity contribution is 8.26. The van der Waals surface area contributed by atoms with Crippen LogP contribution < -0.4 is 4.74 Å². The van der Waals surface area contributed by atoms with E-state index < -0.39 is 5.97 Å². The molecule has 0 saturated carbocycles. The molecule has 1 fully saturated rings. The molecule has 1 aromatic carbocycles. The summed E-state index contributed by atoms with van der Waals surface area (Å²) in [5.74, 6) is -0.0964. The van der Waals surface area contributed by atoms with E-state index in [4.69, 9.17) is 17.0 Å². The summed E-state index contributed by atoms with van der Waals surface area (Å²) < 4.78 is 10.0. The van der Waals surface area contributed by atoms with Gasteiger partial charge in [0, 0.05) is 0 Å². The Hall–Kier alpha value is -1.86. The Bertz CT molecular complexity index is 627. The zero-order valence-electron chi connectivity index (χ0n) is 11.5. The SMILES string of the molecule is COC(=O)CN1C(=O)/C(=C/c2cccc(OC)c2)SC1=S. The van der Waals surface area contributed by atoms with Crippen molar-refractivity contribution in [1.82, 2.24) is 4.90 Å². The molecule has 110 valence electrons. The molecule has 5 nitrogen and oxygen atoms in total. The third kappa shape index (κ3) is 3.62. The first-order valence-corrected chi connectivity index (χ1v) is 7.24. The van der Waals surface area contributed by atoms with E-state index in [1.807, 2.05) is 24.3 Å². The second kappa shape index (κ2) is 6.73. The smallest absolute Gasteiger partial charge is 0.325 e. The molecule has 2 rings (SSSR count). The minimum atomic E-state index is -0.506. The van der Waals surface area contributed by atoms with Crippen molar-refractivity contribution in [1.29, 1.82) is 0 Å². The van der Waals surface area contributed by atoms with Crippen LogP contribution in [0.25, 0.3) is 6.08 Å². The molecule has 0 aliphatic carbocycles. The highest BCUT2D eigenvalue weighted by Crippen LogP contribution is 2.32. The summed E-state index contributed by atoms with van der Waals surface area (Å²) in [5, 5.41) is 0. The molecule has 1 aliphatic heterocycles. The van der Waals surface area contributed by atoms with E-state index in [0.29, 0.717) is 15.0 Å². The van der Waals surface area contributed by atoms with Crippen molar-refractivity contribution in [2.75, 3.05) is 20.8 Å². The number of thiocarbonyl (C=S) groups is 1. The molecule has 1 amide bonds. The third-order valence-corrected chi connectivity index (χ3v) is 4.16. The lowest BCUT2D eigenvalue weighted by molar-refractivity contribution is -0.143. The molecule has 1 heterocycles. The van der Waals surface area contributed by atoms with E-state index in [1.54, 1.807) is 13.2 Å². The molecule has 1 saturated heterocycles. The molecule has 0 radical (unpaired) electrons. The molecule has 0 bridgehead atoms. The molecule has 0 spiro atoms. The lowest BCUT2D eigenvalue weighted by Crippen LogP contribution is -2.33. The summed E-state index contributed by atoms with van der Waals surface area (Å²) in [5.41, 5.74) is 0.827. The van der Waals surface area contributed by atoms with Crippen LogP contribution in [-0.2, 0) is 14.3 Å². The van der Waals surface area contributed by atoms with E-state index in [2.05, 4.69) is 4.74 Å². The van der Waals surface area contributed by atoms with Gasteiger partial charge in [-0.2, -0.15) is 0 Å². The monoisotopic (exact) mass is 323 g/mol. The Kier molecular flexibility index (Phi) is 4.98. The fourth-order valence-electron chi connectivity index (χ4n) is 1.71. The number of hydrogen-bond donors (Lipinski definition) is 0. The quantitative estimate of drug-likeness (QED) is 0.480. The summed E-state index contributed by atoms with van der Waals surface area (Å²) in [6.45, 7) is -0.170. The zero-order valence-corrected chi connectivity index (χ0v) is 13.1. The molecule has 0 atom stereocenters. The highest BCUT2D eigenvalue weighted by atomic mass is 32.2. The minimum Gasteiger partial charge on any atom is -0.497 e. The van der Waals surface area contributed by atoms with Gasteiger partial charge in [0.1, 0.15) is 16.6 Å². The number of benzene rings is 1. The fourth-order valence-corrected chi connectivity index (χ4v) is 2.97. The van der Waals surface area contributed by atoms with Gasteiger partial charge in [-0.15, -0.1) is 0 Å². The number of hydrogen-bond acceptors (Lipinski definition) is 6. The predicted molar refractivity (Wildman–Crippen MR) is 84.9 cm³/mol. The maximum Gasteiger partial charge on any atom is 0.325 e. The first-order chi connectivity index (χ1) is 10.0. The standard InChI is InChI=1S/C14H13NO4S2/c1-18-10-5-3-4-9(6-10)7-11-13(17)15(14(20)21-11)8-12(16)19-2/h3-7H,8H2,1-2H3/b11-7-. The number of thioether (sulfide) groups is 1. The minimum absolute atomic E-state index is 0.170. The number of methoxy groups -OCH3 is 2. The Morgan fingerprint density at radius 2 is 2.19 bits per heavy atom. The van der Waals surface area contributed by atoms with Crippen LogP contribution in [-0.4, -0.2) is 41.9 Å². The number of nitrogens with zero attached hydrogens (tertiary/aromatic N) is 1. The molecule has 1 aromatic rings. The number of carbonyl (C=O) groups excluding carboxylic acids is 2. The molecule has 7 heteroatoms. The van der Waals surface area contributed by atoms with Crippen LogP contribution in [0.3, 0.4) is 0 Å². The Labute approximate surface area is 131 Å². The van der Waals surface area contributed by atoms with Gasteiger partial charge in [0.25, 0.3) is 5.91 Å².